The lowest BCUT2D eigenvalue weighted by atomic mass is 10.3. The standard InChI is InChI=1S/C19H23N3O3/c1-2-9-23-10-11-24-12-13-25-17-4-7-21-19(14-17)22-8-5-16-3-6-20-15-18(16)22/h3-8,14-15H,2,9-13H2,1H3. The van der Waals surface area contributed by atoms with Gasteiger partial charge in [-0.25, -0.2) is 4.98 Å². The number of pyridine rings is 2. The minimum Gasteiger partial charge on any atom is -0.491 e. The molecule has 0 aliphatic heterocycles. The average molecular weight is 341 g/mol. The summed E-state index contributed by atoms with van der Waals surface area (Å²) in [5, 5.41) is 1.13. The molecule has 25 heavy (non-hydrogen) atoms. The van der Waals surface area contributed by atoms with Crippen molar-refractivity contribution in [3.63, 3.8) is 0 Å². The van der Waals surface area contributed by atoms with Crippen molar-refractivity contribution >= 4 is 10.9 Å². The van der Waals surface area contributed by atoms with Gasteiger partial charge in [-0.05, 0) is 24.6 Å². The van der Waals surface area contributed by atoms with Crippen molar-refractivity contribution < 1.29 is 14.2 Å². The highest BCUT2D eigenvalue weighted by Crippen LogP contribution is 2.20. The summed E-state index contributed by atoms with van der Waals surface area (Å²) in [5.74, 6) is 1.57. The molecule has 3 heterocycles. The number of hydrogen-bond acceptors (Lipinski definition) is 5. The summed E-state index contributed by atoms with van der Waals surface area (Å²) in [5.41, 5.74) is 1.02. The molecule has 0 saturated heterocycles. The van der Waals surface area contributed by atoms with E-state index in [2.05, 4.69) is 16.9 Å². The zero-order chi connectivity index (χ0) is 17.3. The lowest BCUT2D eigenvalue weighted by Gasteiger charge is -2.09. The zero-order valence-electron chi connectivity index (χ0n) is 14.4. The summed E-state index contributed by atoms with van der Waals surface area (Å²) >= 11 is 0. The minimum absolute atomic E-state index is 0.491. The van der Waals surface area contributed by atoms with Crippen LogP contribution in [0.3, 0.4) is 0 Å². The maximum Gasteiger partial charge on any atom is 0.140 e. The SMILES string of the molecule is CCCOCCOCCOc1ccnc(-n2ccc3ccncc32)c1. The van der Waals surface area contributed by atoms with Gasteiger partial charge in [-0.3, -0.25) is 9.55 Å². The smallest absolute Gasteiger partial charge is 0.140 e. The summed E-state index contributed by atoms with van der Waals surface area (Å²) in [4.78, 5) is 8.61. The second-order valence-electron chi connectivity index (χ2n) is 5.54. The number of nitrogens with zero attached hydrogens (tertiary/aromatic N) is 3. The van der Waals surface area contributed by atoms with E-state index in [9.17, 15) is 0 Å². The molecule has 0 amide bonds. The topological polar surface area (TPSA) is 58.4 Å². The summed E-state index contributed by atoms with van der Waals surface area (Å²) in [6.07, 6.45) is 8.37. The van der Waals surface area contributed by atoms with Crippen molar-refractivity contribution in [3.8, 4) is 11.6 Å². The van der Waals surface area contributed by atoms with Gasteiger partial charge in [0.1, 0.15) is 18.2 Å². The molecule has 0 saturated carbocycles. The van der Waals surface area contributed by atoms with Gasteiger partial charge in [0.05, 0.1) is 31.5 Å². The van der Waals surface area contributed by atoms with Gasteiger partial charge in [0.25, 0.3) is 0 Å². The van der Waals surface area contributed by atoms with Crippen LogP contribution in [0.25, 0.3) is 16.7 Å². The first kappa shape index (κ1) is 17.4. The fraction of sp³-hybridized carbons (Fsp3) is 0.368. The van der Waals surface area contributed by atoms with E-state index in [1.807, 2.05) is 41.2 Å². The minimum atomic E-state index is 0.491. The second-order valence-corrected chi connectivity index (χ2v) is 5.54. The van der Waals surface area contributed by atoms with Gasteiger partial charge in [0.2, 0.25) is 0 Å². The first-order valence-corrected chi connectivity index (χ1v) is 8.54. The van der Waals surface area contributed by atoms with Gasteiger partial charge >= 0.3 is 0 Å². The van der Waals surface area contributed by atoms with Gasteiger partial charge in [0, 0.05) is 36.7 Å². The van der Waals surface area contributed by atoms with E-state index in [4.69, 9.17) is 14.2 Å². The molecule has 0 aromatic carbocycles. The zero-order valence-corrected chi connectivity index (χ0v) is 14.4. The third kappa shape index (κ3) is 4.78. The molecule has 0 N–H and O–H groups in total. The van der Waals surface area contributed by atoms with Crippen molar-refractivity contribution in [1.82, 2.24) is 14.5 Å². The van der Waals surface area contributed by atoms with Crippen LogP contribution in [0.5, 0.6) is 5.75 Å². The predicted molar refractivity (Wildman–Crippen MR) is 96.3 cm³/mol. The molecular weight excluding hydrogens is 318 g/mol. The van der Waals surface area contributed by atoms with Crippen LogP contribution in [0, 0.1) is 0 Å². The third-order valence-electron chi connectivity index (χ3n) is 3.68. The number of ether oxygens (including phenoxy) is 3. The predicted octanol–water partition coefficient (Wildman–Crippen LogP) is 3.24. The Labute approximate surface area is 147 Å². The number of rotatable bonds is 10. The van der Waals surface area contributed by atoms with E-state index in [0.29, 0.717) is 26.4 Å². The van der Waals surface area contributed by atoms with Crippen LogP contribution in [0.15, 0.2) is 49.1 Å². The van der Waals surface area contributed by atoms with E-state index in [0.717, 1.165) is 35.5 Å². The molecule has 132 valence electrons. The summed E-state index contributed by atoms with van der Waals surface area (Å²) in [7, 11) is 0. The van der Waals surface area contributed by atoms with Crippen molar-refractivity contribution in [2.24, 2.45) is 0 Å². The van der Waals surface area contributed by atoms with Crippen LogP contribution in [-0.4, -0.2) is 47.6 Å². The normalized spacial score (nSPS) is 11.1. The molecule has 6 nitrogen and oxygen atoms in total. The van der Waals surface area contributed by atoms with Gasteiger partial charge in [-0.2, -0.15) is 0 Å². The van der Waals surface area contributed by atoms with Crippen molar-refractivity contribution in [2.45, 2.75) is 13.3 Å². The summed E-state index contributed by atoms with van der Waals surface area (Å²) in [6, 6.07) is 7.78. The maximum absolute atomic E-state index is 5.75. The molecule has 0 aliphatic carbocycles. The quantitative estimate of drug-likeness (QED) is 0.530. The molecule has 6 heteroatoms. The summed E-state index contributed by atoms with van der Waals surface area (Å²) < 4.78 is 18.6. The Kier molecular flexibility index (Phi) is 6.36. The highest BCUT2D eigenvalue weighted by molar-refractivity contribution is 5.80. The Morgan fingerprint density at radius 1 is 0.960 bits per heavy atom. The van der Waals surface area contributed by atoms with Gasteiger partial charge in [-0.15, -0.1) is 0 Å². The number of hydrogen-bond donors (Lipinski definition) is 0. The molecular formula is C19H23N3O3. The van der Waals surface area contributed by atoms with Crippen molar-refractivity contribution in [3.05, 3.63) is 49.1 Å². The average Bonchev–Trinajstić information content (AvgIpc) is 3.08. The van der Waals surface area contributed by atoms with Crippen LogP contribution < -0.4 is 4.74 Å². The molecule has 0 unspecified atom stereocenters. The lowest BCUT2D eigenvalue weighted by molar-refractivity contribution is 0.0366. The first-order valence-electron chi connectivity index (χ1n) is 8.54. The fourth-order valence-electron chi connectivity index (χ4n) is 2.48. The van der Waals surface area contributed by atoms with E-state index >= 15 is 0 Å². The molecule has 0 fully saturated rings. The van der Waals surface area contributed by atoms with Crippen molar-refractivity contribution in [1.29, 1.82) is 0 Å². The second kappa shape index (κ2) is 9.15. The third-order valence-corrected chi connectivity index (χ3v) is 3.68. The highest BCUT2D eigenvalue weighted by atomic mass is 16.5. The molecule has 0 radical (unpaired) electrons. The summed E-state index contributed by atoms with van der Waals surface area (Å²) in [6.45, 7) is 5.11. The van der Waals surface area contributed by atoms with Gasteiger partial charge in [-0.1, -0.05) is 6.92 Å². The molecule has 3 aromatic heterocycles. The van der Waals surface area contributed by atoms with E-state index in [1.54, 1.807) is 12.4 Å². The van der Waals surface area contributed by atoms with Crippen LogP contribution in [0.1, 0.15) is 13.3 Å². The van der Waals surface area contributed by atoms with Crippen LogP contribution in [0.4, 0.5) is 0 Å². The largest absolute Gasteiger partial charge is 0.491 e. The van der Waals surface area contributed by atoms with Crippen LogP contribution in [0.2, 0.25) is 0 Å². The fourth-order valence-corrected chi connectivity index (χ4v) is 2.48. The molecule has 0 atom stereocenters. The van der Waals surface area contributed by atoms with Crippen molar-refractivity contribution in [2.75, 3.05) is 33.0 Å². The van der Waals surface area contributed by atoms with E-state index in [1.165, 1.54) is 0 Å². The Hall–Kier alpha value is -2.44. The maximum atomic E-state index is 5.75. The molecule has 3 aromatic rings. The molecule has 0 aliphatic rings. The van der Waals surface area contributed by atoms with Gasteiger partial charge in [0.15, 0.2) is 0 Å². The van der Waals surface area contributed by atoms with Gasteiger partial charge < -0.3 is 14.2 Å². The highest BCUT2D eigenvalue weighted by Gasteiger charge is 2.05. The lowest BCUT2D eigenvalue weighted by Crippen LogP contribution is -2.11. The molecule has 3 rings (SSSR count). The Bertz CT molecular complexity index is 788. The number of aromatic nitrogens is 3. The van der Waals surface area contributed by atoms with E-state index in [-0.39, 0.29) is 0 Å². The van der Waals surface area contributed by atoms with E-state index < -0.39 is 0 Å². The number of fused-ring (bicyclic) bond motifs is 1. The Morgan fingerprint density at radius 2 is 1.80 bits per heavy atom. The molecule has 0 bridgehead atoms. The first-order chi connectivity index (χ1) is 12.4. The molecule has 0 spiro atoms. The monoisotopic (exact) mass is 341 g/mol. The van der Waals surface area contributed by atoms with Crippen LogP contribution >= 0.6 is 0 Å². The Morgan fingerprint density at radius 3 is 2.68 bits per heavy atom. The Balaban J connectivity index is 1.52. The van der Waals surface area contributed by atoms with Crippen LogP contribution in [-0.2, 0) is 9.47 Å².